The first-order valence-electron chi connectivity index (χ1n) is 4.27. The SMILES string of the molecule is CNC(c1ccc(Cl)o1)c1cccs1. The van der Waals surface area contributed by atoms with Crippen LogP contribution >= 0.6 is 22.9 Å². The van der Waals surface area contributed by atoms with Crippen LogP contribution in [0.25, 0.3) is 0 Å². The van der Waals surface area contributed by atoms with E-state index in [0.717, 1.165) is 5.76 Å². The van der Waals surface area contributed by atoms with E-state index in [9.17, 15) is 0 Å². The molecule has 2 rings (SSSR count). The molecule has 0 radical (unpaired) electrons. The van der Waals surface area contributed by atoms with Crippen LogP contribution in [-0.4, -0.2) is 7.05 Å². The minimum atomic E-state index is 0.0995. The monoisotopic (exact) mass is 227 g/mol. The summed E-state index contributed by atoms with van der Waals surface area (Å²) >= 11 is 7.43. The predicted octanol–water partition coefficient (Wildman–Crippen LogP) is 3.30. The summed E-state index contributed by atoms with van der Waals surface area (Å²) in [5.41, 5.74) is 0. The molecule has 0 aromatic carbocycles. The minimum Gasteiger partial charge on any atom is -0.448 e. The highest BCUT2D eigenvalue weighted by Gasteiger charge is 2.16. The maximum absolute atomic E-state index is 5.73. The van der Waals surface area contributed by atoms with Crippen LogP contribution in [0, 0.1) is 0 Å². The summed E-state index contributed by atoms with van der Waals surface area (Å²) in [4.78, 5) is 1.22. The summed E-state index contributed by atoms with van der Waals surface area (Å²) in [6.45, 7) is 0. The zero-order chi connectivity index (χ0) is 9.97. The molecule has 1 atom stereocenters. The normalized spacial score (nSPS) is 13.0. The fourth-order valence-corrected chi connectivity index (χ4v) is 2.36. The molecule has 0 saturated carbocycles. The highest BCUT2D eigenvalue weighted by atomic mass is 35.5. The fraction of sp³-hybridized carbons (Fsp3) is 0.200. The molecule has 0 amide bonds. The average molecular weight is 228 g/mol. The third-order valence-electron chi connectivity index (χ3n) is 1.99. The fourth-order valence-electron chi connectivity index (χ4n) is 1.36. The van der Waals surface area contributed by atoms with Crippen molar-refractivity contribution in [2.24, 2.45) is 0 Å². The van der Waals surface area contributed by atoms with Gasteiger partial charge in [0.25, 0.3) is 0 Å². The second-order valence-corrected chi connectivity index (χ2v) is 4.23. The van der Waals surface area contributed by atoms with Gasteiger partial charge in [-0.25, -0.2) is 0 Å². The third-order valence-corrected chi connectivity index (χ3v) is 3.14. The lowest BCUT2D eigenvalue weighted by atomic mass is 10.2. The summed E-state index contributed by atoms with van der Waals surface area (Å²) in [5, 5.41) is 5.67. The van der Waals surface area contributed by atoms with Gasteiger partial charge in [0.15, 0.2) is 5.22 Å². The van der Waals surface area contributed by atoms with Crippen LogP contribution in [0.3, 0.4) is 0 Å². The van der Waals surface area contributed by atoms with Crippen molar-refractivity contribution >= 4 is 22.9 Å². The number of halogens is 1. The molecule has 14 heavy (non-hydrogen) atoms. The van der Waals surface area contributed by atoms with Crippen molar-refractivity contribution in [3.05, 3.63) is 45.5 Å². The number of hydrogen-bond donors (Lipinski definition) is 1. The lowest BCUT2D eigenvalue weighted by Gasteiger charge is -2.10. The number of hydrogen-bond acceptors (Lipinski definition) is 3. The highest BCUT2D eigenvalue weighted by Crippen LogP contribution is 2.28. The number of rotatable bonds is 3. The zero-order valence-electron chi connectivity index (χ0n) is 7.66. The van der Waals surface area contributed by atoms with Crippen molar-refractivity contribution in [1.29, 1.82) is 0 Å². The van der Waals surface area contributed by atoms with Crippen molar-refractivity contribution in [3.63, 3.8) is 0 Å². The molecule has 0 fully saturated rings. The van der Waals surface area contributed by atoms with Crippen molar-refractivity contribution in [2.45, 2.75) is 6.04 Å². The van der Waals surface area contributed by atoms with E-state index in [2.05, 4.69) is 11.4 Å². The number of thiophene rings is 1. The van der Waals surface area contributed by atoms with Gasteiger partial charge in [-0.1, -0.05) is 6.07 Å². The molecule has 0 saturated heterocycles. The Labute approximate surface area is 91.5 Å². The third kappa shape index (κ3) is 1.85. The smallest absolute Gasteiger partial charge is 0.193 e. The predicted molar refractivity (Wildman–Crippen MR) is 58.9 cm³/mol. The molecular weight excluding hydrogens is 218 g/mol. The molecule has 0 aliphatic carbocycles. The van der Waals surface area contributed by atoms with Gasteiger partial charge in [0.1, 0.15) is 11.8 Å². The Morgan fingerprint density at radius 1 is 1.43 bits per heavy atom. The van der Waals surface area contributed by atoms with Crippen LogP contribution in [0.5, 0.6) is 0 Å². The first kappa shape index (κ1) is 9.77. The van der Waals surface area contributed by atoms with Gasteiger partial charge in [0.2, 0.25) is 0 Å². The Bertz CT molecular complexity index is 396. The van der Waals surface area contributed by atoms with Crippen LogP contribution in [0.1, 0.15) is 16.7 Å². The van der Waals surface area contributed by atoms with Gasteiger partial charge < -0.3 is 9.73 Å². The van der Waals surface area contributed by atoms with E-state index in [-0.39, 0.29) is 6.04 Å². The van der Waals surface area contributed by atoms with E-state index in [0.29, 0.717) is 5.22 Å². The second kappa shape index (κ2) is 4.17. The maximum atomic E-state index is 5.73. The number of furan rings is 1. The quantitative estimate of drug-likeness (QED) is 0.871. The Morgan fingerprint density at radius 3 is 2.79 bits per heavy atom. The molecular formula is C10H10ClNOS. The molecule has 0 aliphatic heterocycles. The zero-order valence-corrected chi connectivity index (χ0v) is 9.23. The first-order valence-corrected chi connectivity index (χ1v) is 5.53. The number of nitrogens with one attached hydrogen (secondary N) is 1. The van der Waals surface area contributed by atoms with E-state index >= 15 is 0 Å². The van der Waals surface area contributed by atoms with Crippen LogP contribution in [0.2, 0.25) is 5.22 Å². The van der Waals surface area contributed by atoms with E-state index in [1.54, 1.807) is 17.4 Å². The first-order chi connectivity index (χ1) is 6.81. The Balaban J connectivity index is 2.31. The van der Waals surface area contributed by atoms with Crippen molar-refractivity contribution in [3.8, 4) is 0 Å². The Hall–Kier alpha value is -0.770. The van der Waals surface area contributed by atoms with Crippen molar-refractivity contribution < 1.29 is 4.42 Å². The van der Waals surface area contributed by atoms with Gasteiger partial charge in [0.05, 0.1) is 0 Å². The Morgan fingerprint density at radius 2 is 2.29 bits per heavy atom. The standard InChI is InChI=1S/C10H10ClNOS/c1-12-10(8-3-2-6-14-8)7-4-5-9(11)13-7/h2-6,10,12H,1H3. The van der Waals surface area contributed by atoms with E-state index in [1.165, 1.54) is 4.88 Å². The summed E-state index contributed by atoms with van der Waals surface area (Å²) in [6, 6.07) is 7.84. The Kier molecular flexibility index (Phi) is 2.91. The molecule has 2 heterocycles. The second-order valence-electron chi connectivity index (χ2n) is 2.88. The van der Waals surface area contributed by atoms with Gasteiger partial charge in [-0.2, -0.15) is 0 Å². The molecule has 2 aromatic rings. The van der Waals surface area contributed by atoms with Gasteiger partial charge in [-0.3, -0.25) is 0 Å². The minimum absolute atomic E-state index is 0.0995. The summed E-state index contributed by atoms with van der Waals surface area (Å²) < 4.78 is 5.37. The molecule has 1 unspecified atom stereocenters. The molecule has 0 bridgehead atoms. The van der Waals surface area contributed by atoms with E-state index < -0.39 is 0 Å². The van der Waals surface area contributed by atoms with Crippen LogP contribution in [0.15, 0.2) is 34.1 Å². The molecule has 74 valence electrons. The summed E-state index contributed by atoms with van der Waals surface area (Å²) in [6.07, 6.45) is 0. The topological polar surface area (TPSA) is 25.2 Å². The lowest BCUT2D eigenvalue weighted by molar-refractivity contribution is 0.468. The van der Waals surface area contributed by atoms with Gasteiger partial charge in [-0.05, 0) is 42.2 Å². The summed E-state index contributed by atoms with van der Waals surface area (Å²) in [7, 11) is 1.90. The van der Waals surface area contributed by atoms with Gasteiger partial charge in [0, 0.05) is 4.88 Å². The highest BCUT2D eigenvalue weighted by molar-refractivity contribution is 7.10. The molecule has 0 spiro atoms. The maximum Gasteiger partial charge on any atom is 0.193 e. The van der Waals surface area contributed by atoms with Crippen molar-refractivity contribution in [1.82, 2.24) is 5.32 Å². The molecule has 1 N–H and O–H groups in total. The van der Waals surface area contributed by atoms with Crippen LogP contribution in [0.4, 0.5) is 0 Å². The van der Waals surface area contributed by atoms with Crippen LogP contribution in [-0.2, 0) is 0 Å². The van der Waals surface area contributed by atoms with E-state index in [1.807, 2.05) is 24.6 Å². The lowest BCUT2D eigenvalue weighted by Crippen LogP contribution is -2.15. The van der Waals surface area contributed by atoms with Gasteiger partial charge in [-0.15, -0.1) is 11.3 Å². The average Bonchev–Trinajstić information content (AvgIpc) is 2.79. The largest absolute Gasteiger partial charge is 0.448 e. The molecule has 2 nitrogen and oxygen atoms in total. The molecule has 4 heteroatoms. The molecule has 2 aromatic heterocycles. The summed E-state index contributed by atoms with van der Waals surface area (Å²) in [5.74, 6) is 0.847. The van der Waals surface area contributed by atoms with Gasteiger partial charge >= 0.3 is 0 Å². The van der Waals surface area contributed by atoms with E-state index in [4.69, 9.17) is 16.0 Å². The van der Waals surface area contributed by atoms with Crippen LogP contribution < -0.4 is 5.32 Å². The van der Waals surface area contributed by atoms with Crippen molar-refractivity contribution in [2.75, 3.05) is 7.05 Å². The molecule has 0 aliphatic rings.